The summed E-state index contributed by atoms with van der Waals surface area (Å²) < 4.78 is 0. The van der Waals surface area contributed by atoms with Gasteiger partial charge in [0.2, 0.25) is 0 Å². The lowest BCUT2D eigenvalue weighted by molar-refractivity contribution is 0.0942. The average molecular weight is 391 g/mol. The molecular weight excluding hydrogens is 368 g/mol. The predicted molar refractivity (Wildman–Crippen MR) is 111 cm³/mol. The predicted octanol–water partition coefficient (Wildman–Crippen LogP) is 4.23. The third kappa shape index (κ3) is 4.04. The summed E-state index contributed by atoms with van der Waals surface area (Å²) >= 11 is 1.77. The van der Waals surface area contributed by atoms with E-state index in [1.165, 1.54) is 23.4 Å². The Hall–Kier alpha value is -2.79. The number of thiazole rings is 1. The first kappa shape index (κ1) is 18.6. The van der Waals surface area contributed by atoms with E-state index in [9.17, 15) is 9.59 Å². The Morgan fingerprint density at radius 2 is 1.64 bits per heavy atom. The van der Waals surface area contributed by atoms with E-state index in [2.05, 4.69) is 5.32 Å². The number of hydrogen-bond donors (Lipinski definition) is 1. The molecule has 0 aliphatic heterocycles. The van der Waals surface area contributed by atoms with Gasteiger partial charge in [-0.15, -0.1) is 11.3 Å². The van der Waals surface area contributed by atoms with Gasteiger partial charge in [-0.3, -0.25) is 9.59 Å². The summed E-state index contributed by atoms with van der Waals surface area (Å²) in [6.45, 7) is 0.513. The Labute approximate surface area is 168 Å². The smallest absolute Gasteiger partial charge is 0.252 e. The molecule has 0 saturated heterocycles. The minimum absolute atomic E-state index is 0.140. The molecule has 5 heteroatoms. The Bertz CT molecular complexity index is 971. The number of amides is 1. The third-order valence-electron chi connectivity index (χ3n) is 4.97. The van der Waals surface area contributed by atoms with Crippen molar-refractivity contribution in [1.82, 2.24) is 10.3 Å². The molecule has 0 bridgehead atoms. The number of carbonyl (C=O) groups is 2. The minimum atomic E-state index is -0.221. The number of benzene rings is 2. The first-order chi connectivity index (χ1) is 13.7. The van der Waals surface area contributed by atoms with Gasteiger partial charge >= 0.3 is 0 Å². The highest BCUT2D eigenvalue weighted by Gasteiger charge is 2.18. The number of rotatable bonds is 6. The quantitative estimate of drug-likeness (QED) is 0.641. The van der Waals surface area contributed by atoms with Crippen molar-refractivity contribution < 1.29 is 9.59 Å². The largest absolute Gasteiger partial charge is 0.352 e. The van der Waals surface area contributed by atoms with Crippen LogP contribution in [0.4, 0.5) is 0 Å². The summed E-state index contributed by atoms with van der Waals surface area (Å²) in [7, 11) is 0. The second kappa shape index (κ2) is 8.48. The number of carbonyl (C=O) groups excluding carboxylic acids is 2. The monoisotopic (exact) mass is 390 g/mol. The molecule has 1 amide bonds. The van der Waals surface area contributed by atoms with Gasteiger partial charge in [-0.2, -0.15) is 0 Å². The third-order valence-corrected chi connectivity index (χ3v) is 6.18. The lowest BCUT2D eigenvalue weighted by atomic mass is 9.98. The average Bonchev–Trinajstić information content (AvgIpc) is 3.16. The van der Waals surface area contributed by atoms with Crippen LogP contribution >= 0.6 is 11.3 Å². The number of nitrogens with zero attached hydrogens (tertiary/aromatic N) is 1. The van der Waals surface area contributed by atoms with Crippen LogP contribution in [0.25, 0.3) is 0 Å². The highest BCUT2D eigenvalue weighted by atomic mass is 32.1. The van der Waals surface area contributed by atoms with E-state index in [4.69, 9.17) is 4.98 Å². The lowest BCUT2D eigenvalue weighted by Crippen LogP contribution is -2.27. The molecule has 142 valence electrons. The van der Waals surface area contributed by atoms with Crippen molar-refractivity contribution >= 4 is 23.0 Å². The molecule has 0 radical (unpaired) electrons. The van der Waals surface area contributed by atoms with Crippen LogP contribution in [0.5, 0.6) is 0 Å². The molecule has 0 unspecified atom stereocenters. The summed E-state index contributed by atoms with van der Waals surface area (Å²) in [5.74, 6) is -0.361. The molecule has 2 aromatic carbocycles. The fourth-order valence-electron chi connectivity index (χ4n) is 3.51. The number of hydrogen-bond acceptors (Lipinski definition) is 4. The maximum Gasteiger partial charge on any atom is 0.252 e. The maximum absolute atomic E-state index is 12.8. The summed E-state index contributed by atoms with van der Waals surface area (Å²) in [4.78, 5) is 31.6. The Kier molecular flexibility index (Phi) is 5.63. The van der Waals surface area contributed by atoms with Crippen LogP contribution in [0.1, 0.15) is 54.7 Å². The molecule has 1 aromatic heterocycles. The molecule has 3 aromatic rings. The summed E-state index contributed by atoms with van der Waals surface area (Å²) in [6.07, 6.45) is 5.40. The standard InChI is InChI=1S/C23H22N2O2S/c26-22(16-8-2-1-3-9-16)17-10-4-5-11-18(17)23(27)24-15-14-21-25-19-12-6-7-13-20(19)28-21/h1-5,8-11H,6-7,12-15H2,(H,24,27). The van der Waals surface area contributed by atoms with E-state index in [1.807, 2.05) is 18.2 Å². The van der Waals surface area contributed by atoms with E-state index in [-0.39, 0.29) is 11.7 Å². The van der Waals surface area contributed by atoms with Crippen molar-refractivity contribution in [3.8, 4) is 0 Å². The SMILES string of the molecule is O=C(NCCc1nc2c(s1)CCCC2)c1ccccc1C(=O)c1ccccc1. The number of ketones is 1. The summed E-state index contributed by atoms with van der Waals surface area (Å²) in [5, 5.41) is 4.03. The van der Waals surface area contributed by atoms with Gasteiger partial charge in [0.15, 0.2) is 5.78 Å². The summed E-state index contributed by atoms with van der Waals surface area (Å²) in [6, 6.07) is 16.0. The minimum Gasteiger partial charge on any atom is -0.352 e. The van der Waals surface area contributed by atoms with Gasteiger partial charge < -0.3 is 5.32 Å². The van der Waals surface area contributed by atoms with Gasteiger partial charge in [0.25, 0.3) is 5.91 Å². The fourth-order valence-corrected chi connectivity index (χ4v) is 4.67. The molecule has 0 atom stereocenters. The lowest BCUT2D eigenvalue weighted by Gasteiger charge is -2.09. The molecule has 28 heavy (non-hydrogen) atoms. The Morgan fingerprint density at radius 3 is 2.43 bits per heavy atom. The van der Waals surface area contributed by atoms with Gasteiger partial charge in [-0.25, -0.2) is 4.98 Å². The highest BCUT2D eigenvalue weighted by Crippen LogP contribution is 2.26. The van der Waals surface area contributed by atoms with Crippen molar-refractivity contribution in [1.29, 1.82) is 0 Å². The van der Waals surface area contributed by atoms with E-state index < -0.39 is 0 Å². The molecule has 4 rings (SSSR count). The molecule has 0 spiro atoms. The number of nitrogens with one attached hydrogen (secondary N) is 1. The molecular formula is C23H22N2O2S. The summed E-state index contributed by atoms with van der Waals surface area (Å²) in [5.41, 5.74) is 2.66. The topological polar surface area (TPSA) is 59.1 Å². The number of fused-ring (bicyclic) bond motifs is 1. The van der Waals surface area contributed by atoms with Crippen LogP contribution in [0.3, 0.4) is 0 Å². The first-order valence-corrected chi connectivity index (χ1v) is 10.5. The molecule has 4 nitrogen and oxygen atoms in total. The Morgan fingerprint density at radius 1 is 0.929 bits per heavy atom. The van der Waals surface area contributed by atoms with E-state index in [0.29, 0.717) is 23.2 Å². The second-order valence-corrected chi connectivity index (χ2v) is 8.10. The van der Waals surface area contributed by atoms with Crippen LogP contribution in [0, 0.1) is 0 Å². The van der Waals surface area contributed by atoms with Gasteiger partial charge in [0, 0.05) is 29.0 Å². The molecule has 1 heterocycles. The van der Waals surface area contributed by atoms with Gasteiger partial charge in [0.05, 0.1) is 16.3 Å². The van der Waals surface area contributed by atoms with Gasteiger partial charge in [-0.05, 0) is 31.7 Å². The molecule has 1 aliphatic carbocycles. The highest BCUT2D eigenvalue weighted by molar-refractivity contribution is 7.11. The zero-order valence-electron chi connectivity index (χ0n) is 15.6. The molecule has 0 fully saturated rings. The maximum atomic E-state index is 12.8. The molecule has 1 aliphatic rings. The number of aryl methyl sites for hydroxylation is 2. The van der Waals surface area contributed by atoms with E-state index in [1.54, 1.807) is 47.7 Å². The van der Waals surface area contributed by atoms with Crippen LogP contribution in [-0.2, 0) is 19.3 Å². The van der Waals surface area contributed by atoms with Crippen LogP contribution in [-0.4, -0.2) is 23.2 Å². The van der Waals surface area contributed by atoms with Crippen LogP contribution in [0.15, 0.2) is 54.6 Å². The van der Waals surface area contributed by atoms with Crippen molar-refractivity contribution in [2.45, 2.75) is 32.1 Å². The zero-order chi connectivity index (χ0) is 19.3. The van der Waals surface area contributed by atoms with E-state index in [0.717, 1.165) is 24.3 Å². The van der Waals surface area contributed by atoms with Gasteiger partial charge in [0.1, 0.15) is 0 Å². The molecule has 1 N–H and O–H groups in total. The van der Waals surface area contributed by atoms with Crippen molar-refractivity contribution in [3.05, 3.63) is 86.9 Å². The van der Waals surface area contributed by atoms with Crippen LogP contribution in [0.2, 0.25) is 0 Å². The zero-order valence-corrected chi connectivity index (χ0v) is 16.4. The first-order valence-electron chi connectivity index (χ1n) is 9.67. The van der Waals surface area contributed by atoms with E-state index >= 15 is 0 Å². The van der Waals surface area contributed by atoms with Crippen molar-refractivity contribution in [3.63, 3.8) is 0 Å². The fraction of sp³-hybridized carbons (Fsp3) is 0.261. The number of aromatic nitrogens is 1. The second-order valence-electron chi connectivity index (χ2n) is 6.93. The molecule has 0 saturated carbocycles. The van der Waals surface area contributed by atoms with Crippen molar-refractivity contribution in [2.75, 3.05) is 6.54 Å². The van der Waals surface area contributed by atoms with Gasteiger partial charge in [-0.1, -0.05) is 48.5 Å². The normalized spacial score (nSPS) is 13.0. The van der Waals surface area contributed by atoms with Crippen LogP contribution < -0.4 is 5.32 Å². The Balaban J connectivity index is 1.42. The van der Waals surface area contributed by atoms with Crippen molar-refractivity contribution in [2.24, 2.45) is 0 Å².